The molecule has 5 aromatic carbocycles. The summed E-state index contributed by atoms with van der Waals surface area (Å²) in [6.45, 7) is 9.14. The van der Waals surface area contributed by atoms with Crippen molar-refractivity contribution in [2.75, 3.05) is 0 Å². The van der Waals surface area contributed by atoms with Crippen molar-refractivity contribution in [1.29, 1.82) is 0 Å². The fraction of sp³-hybridized carbons (Fsp3) is 0.191. The minimum atomic E-state index is -0.0814. The van der Waals surface area contributed by atoms with E-state index < -0.39 is 0 Å². The highest BCUT2D eigenvalue weighted by atomic mass is 32.1. The average Bonchev–Trinajstić information content (AvgIpc) is 3.87. The quantitative estimate of drug-likeness (QED) is 0.167. The van der Waals surface area contributed by atoms with Crippen LogP contribution < -0.4 is 0 Å². The maximum Gasteiger partial charge on any atom is 0.142 e. The van der Waals surface area contributed by atoms with E-state index in [-0.39, 0.29) is 5.41 Å². The van der Waals surface area contributed by atoms with Crippen LogP contribution in [0.2, 0.25) is 0 Å². The maximum atomic E-state index is 6.50. The molecular formula is C47H39NOS. The Morgan fingerprint density at radius 2 is 1.70 bits per heavy atom. The van der Waals surface area contributed by atoms with E-state index in [4.69, 9.17) is 4.42 Å². The van der Waals surface area contributed by atoms with Gasteiger partial charge in [0.2, 0.25) is 0 Å². The van der Waals surface area contributed by atoms with Gasteiger partial charge in [-0.05, 0) is 115 Å². The molecule has 2 aliphatic carbocycles. The zero-order valence-electron chi connectivity index (χ0n) is 29.1. The van der Waals surface area contributed by atoms with Crippen molar-refractivity contribution >= 4 is 65.9 Å². The first kappa shape index (κ1) is 29.8. The lowest BCUT2D eigenvalue weighted by Crippen LogP contribution is -2.15. The molecule has 0 amide bonds. The molecular weight excluding hydrogens is 627 g/mol. The fourth-order valence-electron chi connectivity index (χ4n) is 8.99. The number of nitrogens with zero attached hydrogens (tertiary/aromatic N) is 1. The smallest absolute Gasteiger partial charge is 0.142 e. The molecule has 0 bridgehead atoms. The molecule has 2 aliphatic rings. The lowest BCUT2D eigenvalue weighted by molar-refractivity contribution is 0.660. The minimum Gasteiger partial charge on any atom is -0.455 e. The predicted molar refractivity (Wildman–Crippen MR) is 214 cm³/mol. The molecule has 0 unspecified atom stereocenters. The van der Waals surface area contributed by atoms with E-state index in [1.54, 1.807) is 0 Å². The van der Waals surface area contributed by atoms with E-state index in [1.165, 1.54) is 93.2 Å². The van der Waals surface area contributed by atoms with Crippen LogP contribution in [-0.4, -0.2) is 4.57 Å². The Bertz CT molecular complexity index is 2760. The number of aryl methyl sites for hydroxylation is 2. The zero-order valence-corrected chi connectivity index (χ0v) is 29.9. The van der Waals surface area contributed by atoms with E-state index in [9.17, 15) is 0 Å². The number of allylic oxidation sites excluding steroid dienone is 3. The molecule has 0 saturated heterocycles. The van der Waals surface area contributed by atoms with Gasteiger partial charge in [0, 0.05) is 54.3 Å². The maximum absolute atomic E-state index is 6.50. The van der Waals surface area contributed by atoms with Gasteiger partial charge >= 0.3 is 0 Å². The van der Waals surface area contributed by atoms with Crippen molar-refractivity contribution in [2.24, 2.45) is 0 Å². The van der Waals surface area contributed by atoms with Crippen LogP contribution in [0.1, 0.15) is 72.7 Å². The summed E-state index contributed by atoms with van der Waals surface area (Å²) in [6.07, 6.45) is 11.0. The van der Waals surface area contributed by atoms with E-state index in [0.717, 1.165) is 36.8 Å². The lowest BCUT2D eigenvalue weighted by Gasteiger charge is -2.23. The number of hydrogen-bond acceptors (Lipinski definition) is 2. The Morgan fingerprint density at radius 3 is 2.60 bits per heavy atom. The third-order valence-corrected chi connectivity index (χ3v) is 12.5. The topological polar surface area (TPSA) is 18.1 Å². The third-order valence-electron chi connectivity index (χ3n) is 11.5. The molecule has 2 nitrogen and oxygen atoms in total. The molecule has 3 heterocycles. The summed E-state index contributed by atoms with van der Waals surface area (Å²) in [5.41, 5.74) is 18.1. The Balaban J connectivity index is 1.13. The highest BCUT2D eigenvalue weighted by Gasteiger charge is 2.37. The summed E-state index contributed by atoms with van der Waals surface area (Å²) in [5.74, 6) is 0. The highest BCUT2D eigenvalue weighted by Crippen LogP contribution is 2.53. The molecule has 3 heteroatoms. The first-order valence-corrected chi connectivity index (χ1v) is 18.9. The van der Waals surface area contributed by atoms with Gasteiger partial charge in [-0.3, -0.25) is 0 Å². The second-order valence-corrected chi connectivity index (χ2v) is 15.6. The predicted octanol–water partition coefficient (Wildman–Crippen LogP) is 13.4. The van der Waals surface area contributed by atoms with Gasteiger partial charge in [-0.25, -0.2) is 0 Å². The molecule has 0 aliphatic heterocycles. The Hall–Kier alpha value is -5.12. The van der Waals surface area contributed by atoms with Gasteiger partial charge in [-0.2, -0.15) is 0 Å². The van der Waals surface area contributed by atoms with E-state index in [0.29, 0.717) is 0 Å². The number of para-hydroxylation sites is 2. The monoisotopic (exact) mass is 665 g/mol. The molecule has 0 radical (unpaired) electrons. The SMILES string of the molecule is C/C=C\CCc1csc2c3c(ccc12)C(C)(C)c1cc(-n2c4c(c5cc(C)ccc52)C=C(c2cccc5c2oc2ccccc25)CC4)ccc1-3. The minimum absolute atomic E-state index is 0.0814. The van der Waals surface area contributed by atoms with Crippen LogP contribution in [-0.2, 0) is 18.3 Å². The average molecular weight is 666 g/mol. The molecule has 10 rings (SSSR count). The zero-order chi connectivity index (χ0) is 33.7. The summed E-state index contributed by atoms with van der Waals surface area (Å²) in [4.78, 5) is 0. The van der Waals surface area contributed by atoms with Gasteiger partial charge in [-0.1, -0.05) is 92.2 Å². The second-order valence-electron chi connectivity index (χ2n) is 14.8. The number of benzene rings is 5. The molecule has 244 valence electrons. The van der Waals surface area contributed by atoms with Crippen molar-refractivity contribution in [3.63, 3.8) is 0 Å². The van der Waals surface area contributed by atoms with Crippen LogP contribution in [0.3, 0.4) is 0 Å². The summed E-state index contributed by atoms with van der Waals surface area (Å²) in [6, 6.07) is 34.0. The molecule has 50 heavy (non-hydrogen) atoms. The van der Waals surface area contributed by atoms with Gasteiger partial charge in [-0.15, -0.1) is 11.3 Å². The van der Waals surface area contributed by atoms with Crippen LogP contribution >= 0.6 is 11.3 Å². The van der Waals surface area contributed by atoms with Crippen LogP contribution in [0.4, 0.5) is 0 Å². The summed E-state index contributed by atoms with van der Waals surface area (Å²) < 4.78 is 10.5. The molecule has 0 atom stereocenters. The summed E-state index contributed by atoms with van der Waals surface area (Å²) in [5, 5.41) is 7.51. The largest absolute Gasteiger partial charge is 0.455 e. The van der Waals surface area contributed by atoms with Crippen LogP contribution in [0, 0.1) is 6.92 Å². The molecule has 3 aromatic heterocycles. The Morgan fingerprint density at radius 1 is 0.820 bits per heavy atom. The number of fused-ring (bicyclic) bond motifs is 11. The van der Waals surface area contributed by atoms with Crippen molar-refractivity contribution in [3.8, 4) is 16.8 Å². The third kappa shape index (κ3) is 4.20. The number of hydrogen-bond donors (Lipinski definition) is 0. The van der Waals surface area contributed by atoms with E-state index >= 15 is 0 Å². The fourth-order valence-corrected chi connectivity index (χ4v) is 10.2. The molecule has 0 spiro atoms. The molecule has 0 fully saturated rings. The molecule has 0 saturated carbocycles. The van der Waals surface area contributed by atoms with E-state index in [1.807, 2.05) is 11.3 Å². The Labute approximate surface area is 297 Å². The number of thiophene rings is 1. The van der Waals surface area contributed by atoms with Gasteiger partial charge in [0.15, 0.2) is 0 Å². The standard InChI is InChI=1S/C47H39NOS/c1-5-6-7-11-30-27-50-46-33(30)20-21-39-44(46)36-19-18-31(26-40(36)47(39,3)4)48-41-22-16-28(2)24-37(41)38-25-29(17-23-42(38)48)32-13-10-14-35-34-12-8-9-15-43(34)49-45(32)35/h5-6,8-10,12-16,18-22,24-27H,7,11,17,23H2,1-4H3/b6-5-. The summed E-state index contributed by atoms with van der Waals surface area (Å²) in [7, 11) is 0. The summed E-state index contributed by atoms with van der Waals surface area (Å²) >= 11 is 1.92. The first-order valence-electron chi connectivity index (χ1n) is 18.0. The number of rotatable bonds is 5. The molecule has 0 N–H and O–H groups in total. The van der Waals surface area contributed by atoms with Gasteiger partial charge < -0.3 is 8.98 Å². The Kier molecular flexibility index (Phi) is 6.51. The van der Waals surface area contributed by atoms with E-state index in [2.05, 4.69) is 147 Å². The van der Waals surface area contributed by atoms with Gasteiger partial charge in [0.05, 0.1) is 5.52 Å². The molecule has 8 aromatic rings. The van der Waals surface area contributed by atoms with Crippen molar-refractivity contribution in [1.82, 2.24) is 4.57 Å². The second kappa shape index (κ2) is 10.9. The van der Waals surface area contributed by atoms with Crippen molar-refractivity contribution in [3.05, 3.63) is 148 Å². The van der Waals surface area contributed by atoms with Gasteiger partial charge in [0.1, 0.15) is 11.2 Å². The van der Waals surface area contributed by atoms with Crippen LogP contribution in [0.15, 0.2) is 113 Å². The highest BCUT2D eigenvalue weighted by molar-refractivity contribution is 7.18. The number of aromatic nitrogens is 1. The van der Waals surface area contributed by atoms with Crippen molar-refractivity contribution in [2.45, 2.75) is 58.8 Å². The first-order chi connectivity index (χ1) is 24.4. The van der Waals surface area contributed by atoms with Gasteiger partial charge in [0.25, 0.3) is 0 Å². The number of furan rings is 1. The van der Waals surface area contributed by atoms with Crippen molar-refractivity contribution < 1.29 is 4.42 Å². The van der Waals surface area contributed by atoms with Crippen LogP contribution in [0.5, 0.6) is 0 Å². The van der Waals surface area contributed by atoms with Crippen LogP contribution in [0.25, 0.3) is 71.4 Å². The lowest BCUT2D eigenvalue weighted by atomic mass is 9.82. The normalized spacial score (nSPS) is 15.0.